The van der Waals surface area contributed by atoms with Crippen LogP contribution in [0.2, 0.25) is 0 Å². The van der Waals surface area contributed by atoms with Crippen molar-refractivity contribution in [1.82, 2.24) is 0 Å². The second-order valence-electron chi connectivity index (χ2n) is 13.1. The van der Waals surface area contributed by atoms with Crippen molar-refractivity contribution >= 4 is 14.2 Å². The highest BCUT2D eigenvalue weighted by Gasteiger charge is 2.57. The van der Waals surface area contributed by atoms with Crippen LogP contribution in [0, 0.1) is 10.8 Å². The molecular formula is C24H44B2O4. The molecule has 6 heteroatoms. The fourth-order valence-electron chi connectivity index (χ4n) is 3.45. The molecule has 2 aliphatic heterocycles. The third kappa shape index (κ3) is 5.43. The van der Waals surface area contributed by atoms with Crippen molar-refractivity contribution in [3.63, 3.8) is 0 Å². The first kappa shape index (κ1) is 25.7. The number of hydrogen-bond donors (Lipinski definition) is 0. The molecule has 0 atom stereocenters. The second-order valence-corrected chi connectivity index (χ2v) is 13.1. The molecule has 2 fully saturated rings. The van der Waals surface area contributed by atoms with Gasteiger partial charge in [0.05, 0.1) is 22.4 Å². The van der Waals surface area contributed by atoms with Crippen LogP contribution in [0.1, 0.15) is 96.9 Å². The minimum Gasteiger partial charge on any atom is -0.399 e. The molecule has 0 spiro atoms. The van der Waals surface area contributed by atoms with Gasteiger partial charge in [-0.1, -0.05) is 53.7 Å². The standard InChI is InChI=1S/C24H44B2O4/c1-19(2,3)15-17(25-27-21(7,8)22(9,10)28-25)18(16-20(4,5)6)26-29-23(11,12)24(13,14)30-26/h15-16H,1-14H3/b17-15-,18-16-. The summed E-state index contributed by atoms with van der Waals surface area (Å²) in [4.78, 5) is 0. The monoisotopic (exact) mass is 418 g/mol. The van der Waals surface area contributed by atoms with E-state index in [1.165, 1.54) is 0 Å². The first-order chi connectivity index (χ1) is 13.1. The minimum atomic E-state index is -0.484. The Balaban J connectivity index is 2.63. The molecule has 2 saturated heterocycles. The predicted octanol–water partition coefficient (Wildman–Crippen LogP) is 6.19. The minimum absolute atomic E-state index is 0.0699. The Morgan fingerprint density at radius 2 is 0.700 bits per heavy atom. The lowest BCUT2D eigenvalue weighted by Crippen LogP contribution is -2.41. The van der Waals surface area contributed by atoms with Crippen LogP contribution in [0.5, 0.6) is 0 Å². The summed E-state index contributed by atoms with van der Waals surface area (Å²) in [5, 5.41) is 0. The van der Waals surface area contributed by atoms with Crippen LogP contribution in [0.3, 0.4) is 0 Å². The molecule has 0 amide bonds. The largest absolute Gasteiger partial charge is 0.494 e. The highest BCUT2D eigenvalue weighted by atomic mass is 16.7. The summed E-state index contributed by atoms with van der Waals surface area (Å²) in [5.41, 5.74) is 0.173. The number of hydrogen-bond acceptors (Lipinski definition) is 4. The molecule has 170 valence electrons. The Morgan fingerprint density at radius 1 is 0.500 bits per heavy atom. The van der Waals surface area contributed by atoms with Crippen molar-refractivity contribution in [3.05, 3.63) is 23.1 Å². The second kappa shape index (κ2) is 7.50. The molecule has 4 nitrogen and oxygen atoms in total. The zero-order chi connectivity index (χ0) is 23.6. The van der Waals surface area contributed by atoms with Gasteiger partial charge in [0.25, 0.3) is 0 Å². The number of allylic oxidation sites excluding steroid dienone is 4. The molecule has 0 radical (unpaired) electrons. The van der Waals surface area contributed by atoms with Crippen molar-refractivity contribution in [1.29, 1.82) is 0 Å². The fraction of sp³-hybridized carbons (Fsp3) is 0.833. The van der Waals surface area contributed by atoms with Gasteiger partial charge in [-0.2, -0.15) is 0 Å². The Hall–Kier alpha value is -0.550. The average molecular weight is 418 g/mol. The van der Waals surface area contributed by atoms with Crippen molar-refractivity contribution in [2.24, 2.45) is 10.8 Å². The van der Waals surface area contributed by atoms with Crippen LogP contribution in [0.4, 0.5) is 0 Å². The molecule has 30 heavy (non-hydrogen) atoms. The third-order valence-corrected chi connectivity index (χ3v) is 6.52. The van der Waals surface area contributed by atoms with E-state index in [2.05, 4.69) is 109 Å². The summed E-state index contributed by atoms with van der Waals surface area (Å²) in [6.45, 7) is 29.8. The van der Waals surface area contributed by atoms with Gasteiger partial charge in [-0.15, -0.1) is 0 Å². The van der Waals surface area contributed by atoms with E-state index in [0.29, 0.717) is 0 Å². The topological polar surface area (TPSA) is 36.9 Å². The van der Waals surface area contributed by atoms with Gasteiger partial charge >= 0.3 is 14.2 Å². The molecule has 2 rings (SSSR count). The average Bonchev–Trinajstić information content (AvgIpc) is 2.80. The summed E-state index contributed by atoms with van der Waals surface area (Å²) in [6.07, 6.45) is 4.50. The van der Waals surface area contributed by atoms with Gasteiger partial charge in [0.2, 0.25) is 0 Å². The molecule has 0 N–H and O–H groups in total. The summed E-state index contributed by atoms with van der Waals surface area (Å²) >= 11 is 0. The number of rotatable bonds is 3. The third-order valence-electron chi connectivity index (χ3n) is 6.52. The van der Waals surface area contributed by atoms with E-state index in [1.807, 2.05) is 0 Å². The molecule has 0 bridgehead atoms. The maximum absolute atomic E-state index is 6.49. The Morgan fingerprint density at radius 3 is 0.867 bits per heavy atom. The van der Waals surface area contributed by atoms with E-state index in [-0.39, 0.29) is 10.8 Å². The predicted molar refractivity (Wildman–Crippen MR) is 127 cm³/mol. The quantitative estimate of drug-likeness (QED) is 0.404. The maximum Gasteiger partial charge on any atom is 0.494 e. The summed E-state index contributed by atoms with van der Waals surface area (Å²) in [6, 6.07) is 0. The molecule has 2 aliphatic rings. The van der Waals surface area contributed by atoms with Gasteiger partial charge in [0.1, 0.15) is 0 Å². The lowest BCUT2D eigenvalue weighted by molar-refractivity contribution is 0.00578. The van der Waals surface area contributed by atoms with Gasteiger partial charge in [0, 0.05) is 0 Å². The van der Waals surface area contributed by atoms with Gasteiger partial charge in [0.15, 0.2) is 0 Å². The summed E-state index contributed by atoms with van der Waals surface area (Å²) in [7, 11) is -0.969. The zero-order valence-corrected chi connectivity index (χ0v) is 21.9. The van der Waals surface area contributed by atoms with Crippen LogP contribution in [0.25, 0.3) is 0 Å². The van der Waals surface area contributed by atoms with Crippen LogP contribution < -0.4 is 0 Å². The van der Waals surface area contributed by atoms with Crippen LogP contribution in [0.15, 0.2) is 23.1 Å². The molecule has 0 aromatic heterocycles. The van der Waals surface area contributed by atoms with Gasteiger partial charge in [-0.3, -0.25) is 0 Å². The van der Waals surface area contributed by atoms with Gasteiger partial charge in [-0.05, 0) is 77.2 Å². The summed E-state index contributed by atoms with van der Waals surface area (Å²) in [5.74, 6) is 0. The van der Waals surface area contributed by atoms with E-state index in [0.717, 1.165) is 10.9 Å². The molecule has 0 saturated carbocycles. The molecule has 0 aromatic carbocycles. The van der Waals surface area contributed by atoms with Crippen LogP contribution in [-0.2, 0) is 18.6 Å². The highest BCUT2D eigenvalue weighted by Crippen LogP contribution is 2.45. The van der Waals surface area contributed by atoms with Crippen molar-refractivity contribution in [2.75, 3.05) is 0 Å². The zero-order valence-electron chi connectivity index (χ0n) is 21.9. The van der Waals surface area contributed by atoms with Crippen LogP contribution in [-0.4, -0.2) is 36.6 Å². The van der Waals surface area contributed by atoms with Gasteiger partial charge in [-0.25, -0.2) is 0 Å². The van der Waals surface area contributed by atoms with E-state index in [9.17, 15) is 0 Å². The summed E-state index contributed by atoms with van der Waals surface area (Å²) < 4.78 is 26.0. The maximum atomic E-state index is 6.49. The SMILES string of the molecule is CC(C)(C)/C=C(B1OC(C)(C)C(C)(C)O1)/C(=C/C(C)(C)C)B1OC(C)(C)C(C)(C)O1. The highest BCUT2D eigenvalue weighted by molar-refractivity contribution is 6.66. The van der Waals surface area contributed by atoms with Crippen molar-refractivity contribution in [2.45, 2.75) is 119 Å². The molecular weight excluding hydrogens is 374 g/mol. The first-order valence-electron chi connectivity index (χ1n) is 11.2. The Kier molecular flexibility index (Phi) is 6.43. The lowest BCUT2D eigenvalue weighted by Gasteiger charge is -2.32. The Labute approximate surface area is 186 Å². The van der Waals surface area contributed by atoms with E-state index >= 15 is 0 Å². The molecule has 0 aromatic rings. The van der Waals surface area contributed by atoms with E-state index in [4.69, 9.17) is 18.6 Å². The normalized spacial score (nSPS) is 26.5. The van der Waals surface area contributed by atoms with E-state index < -0.39 is 36.6 Å². The lowest BCUT2D eigenvalue weighted by atomic mass is 9.58. The molecule has 0 unspecified atom stereocenters. The smallest absolute Gasteiger partial charge is 0.399 e. The van der Waals surface area contributed by atoms with Crippen molar-refractivity contribution < 1.29 is 18.6 Å². The molecule has 2 heterocycles. The van der Waals surface area contributed by atoms with Gasteiger partial charge < -0.3 is 18.6 Å². The van der Waals surface area contributed by atoms with Crippen molar-refractivity contribution in [3.8, 4) is 0 Å². The fourth-order valence-corrected chi connectivity index (χ4v) is 3.45. The first-order valence-corrected chi connectivity index (χ1v) is 11.2. The molecule has 0 aliphatic carbocycles. The van der Waals surface area contributed by atoms with Crippen LogP contribution >= 0.6 is 0 Å². The van der Waals surface area contributed by atoms with E-state index in [1.54, 1.807) is 0 Å². The Bertz CT molecular complexity index is 624.